The molecule has 32 heavy (non-hydrogen) atoms. The van der Waals surface area contributed by atoms with Gasteiger partial charge in [0.15, 0.2) is 5.16 Å². The lowest BCUT2D eigenvalue weighted by atomic mass is 10.2. The summed E-state index contributed by atoms with van der Waals surface area (Å²) < 4.78 is 32.0. The molecule has 0 spiro atoms. The lowest BCUT2D eigenvalue weighted by molar-refractivity contribution is -0.121. The summed E-state index contributed by atoms with van der Waals surface area (Å²) in [6.45, 7) is 1.94. The molecule has 1 amide bonds. The van der Waals surface area contributed by atoms with Crippen LogP contribution in [0, 0.1) is 0 Å². The SMILES string of the molecule is O=C(CCCSc1nc2ccccc2[nH]1)NCc1ccc(S(=O)(=O)N2CCOCC2)cc1. The number of aromatic amines is 1. The van der Waals surface area contributed by atoms with Gasteiger partial charge in [-0.05, 0) is 36.2 Å². The van der Waals surface area contributed by atoms with E-state index in [1.54, 1.807) is 36.0 Å². The second-order valence-corrected chi connectivity index (χ2v) is 10.5. The van der Waals surface area contributed by atoms with Gasteiger partial charge in [0.05, 0.1) is 29.1 Å². The molecular weight excluding hydrogens is 448 g/mol. The molecule has 1 saturated heterocycles. The highest BCUT2D eigenvalue weighted by molar-refractivity contribution is 7.99. The number of rotatable bonds is 9. The number of nitrogens with zero attached hydrogens (tertiary/aromatic N) is 2. The number of morpholine rings is 1. The number of ether oxygens (including phenoxy) is 1. The number of imidazole rings is 1. The van der Waals surface area contributed by atoms with Crippen LogP contribution in [-0.4, -0.2) is 60.7 Å². The topological polar surface area (TPSA) is 104 Å². The van der Waals surface area contributed by atoms with Crippen LogP contribution in [0.25, 0.3) is 11.0 Å². The Morgan fingerprint density at radius 2 is 1.88 bits per heavy atom. The molecule has 0 unspecified atom stereocenters. The first-order valence-corrected chi connectivity index (χ1v) is 13.0. The Morgan fingerprint density at radius 1 is 1.12 bits per heavy atom. The molecule has 1 fully saturated rings. The van der Waals surface area contributed by atoms with E-state index in [1.165, 1.54) is 4.31 Å². The molecule has 1 aromatic heterocycles. The van der Waals surface area contributed by atoms with Gasteiger partial charge in [0, 0.05) is 31.8 Å². The first-order valence-electron chi connectivity index (χ1n) is 10.5. The number of hydrogen-bond donors (Lipinski definition) is 2. The van der Waals surface area contributed by atoms with Gasteiger partial charge in [0.2, 0.25) is 15.9 Å². The first-order chi connectivity index (χ1) is 15.5. The van der Waals surface area contributed by atoms with Crippen LogP contribution in [0.5, 0.6) is 0 Å². The average molecular weight is 475 g/mol. The molecule has 0 atom stereocenters. The lowest BCUT2D eigenvalue weighted by Crippen LogP contribution is -2.40. The summed E-state index contributed by atoms with van der Waals surface area (Å²) >= 11 is 1.60. The van der Waals surface area contributed by atoms with E-state index in [4.69, 9.17) is 4.74 Å². The van der Waals surface area contributed by atoms with E-state index in [-0.39, 0.29) is 10.8 Å². The number of aromatic nitrogens is 2. The summed E-state index contributed by atoms with van der Waals surface area (Å²) in [7, 11) is -3.50. The van der Waals surface area contributed by atoms with E-state index in [0.29, 0.717) is 39.3 Å². The fourth-order valence-electron chi connectivity index (χ4n) is 3.40. The Labute approximate surface area is 191 Å². The number of sulfonamides is 1. The van der Waals surface area contributed by atoms with Gasteiger partial charge < -0.3 is 15.0 Å². The van der Waals surface area contributed by atoms with Crippen LogP contribution in [-0.2, 0) is 26.1 Å². The minimum absolute atomic E-state index is 0.0276. The normalized spacial score (nSPS) is 15.1. The highest BCUT2D eigenvalue weighted by Crippen LogP contribution is 2.20. The summed E-state index contributed by atoms with van der Waals surface area (Å²) in [5.74, 6) is 0.765. The Morgan fingerprint density at radius 3 is 2.62 bits per heavy atom. The zero-order valence-corrected chi connectivity index (χ0v) is 19.3. The van der Waals surface area contributed by atoms with Gasteiger partial charge in [0.25, 0.3) is 0 Å². The molecule has 0 radical (unpaired) electrons. The van der Waals surface area contributed by atoms with Crippen molar-refractivity contribution in [1.82, 2.24) is 19.6 Å². The first kappa shape index (κ1) is 22.8. The predicted octanol–water partition coefficient (Wildman–Crippen LogP) is 2.77. The summed E-state index contributed by atoms with van der Waals surface area (Å²) in [6, 6.07) is 14.6. The van der Waals surface area contributed by atoms with E-state index in [1.807, 2.05) is 24.3 Å². The van der Waals surface area contributed by atoms with Crippen LogP contribution in [0.4, 0.5) is 0 Å². The Kier molecular flexibility index (Phi) is 7.46. The minimum atomic E-state index is -3.50. The molecule has 3 aromatic rings. The third-order valence-electron chi connectivity index (χ3n) is 5.18. The Bertz CT molecular complexity index is 1120. The number of benzene rings is 2. The maximum atomic E-state index is 12.7. The van der Waals surface area contributed by atoms with Crippen molar-refractivity contribution < 1.29 is 17.9 Å². The molecule has 2 heterocycles. The maximum absolute atomic E-state index is 12.7. The summed E-state index contributed by atoms with van der Waals surface area (Å²) in [5, 5.41) is 3.75. The van der Waals surface area contributed by atoms with Crippen molar-refractivity contribution in [2.24, 2.45) is 0 Å². The highest BCUT2D eigenvalue weighted by Gasteiger charge is 2.26. The van der Waals surface area contributed by atoms with Crippen LogP contribution in [0.3, 0.4) is 0 Å². The predicted molar refractivity (Wildman–Crippen MR) is 124 cm³/mol. The fraction of sp³-hybridized carbons (Fsp3) is 0.364. The molecule has 1 aliphatic heterocycles. The van der Waals surface area contributed by atoms with Crippen LogP contribution >= 0.6 is 11.8 Å². The zero-order valence-electron chi connectivity index (χ0n) is 17.6. The molecule has 0 bridgehead atoms. The molecular formula is C22H26N4O4S2. The largest absolute Gasteiger partial charge is 0.379 e. The van der Waals surface area contributed by atoms with Crippen LogP contribution in [0.1, 0.15) is 18.4 Å². The van der Waals surface area contributed by atoms with E-state index in [0.717, 1.165) is 33.9 Å². The number of carbonyl (C=O) groups excluding carboxylic acids is 1. The number of hydrogen-bond acceptors (Lipinski definition) is 6. The van der Waals surface area contributed by atoms with Crippen LogP contribution in [0.15, 0.2) is 58.6 Å². The van der Waals surface area contributed by atoms with E-state index in [9.17, 15) is 13.2 Å². The number of nitrogens with one attached hydrogen (secondary N) is 2. The average Bonchev–Trinajstić information content (AvgIpc) is 3.24. The monoisotopic (exact) mass is 474 g/mol. The van der Waals surface area contributed by atoms with Crippen molar-refractivity contribution in [3.8, 4) is 0 Å². The van der Waals surface area contributed by atoms with Gasteiger partial charge in [-0.15, -0.1) is 0 Å². The molecule has 10 heteroatoms. The van der Waals surface area contributed by atoms with Crippen molar-refractivity contribution in [3.63, 3.8) is 0 Å². The standard InChI is InChI=1S/C22H26N4O4S2/c27-21(6-3-15-31-22-24-19-4-1-2-5-20(19)25-22)23-16-17-7-9-18(10-8-17)32(28,29)26-11-13-30-14-12-26/h1-2,4-5,7-10H,3,6,11-16H2,(H,23,27)(H,24,25). The molecule has 0 saturated carbocycles. The van der Waals surface area contributed by atoms with Crippen molar-refractivity contribution in [1.29, 1.82) is 0 Å². The Hall–Kier alpha value is -2.40. The van der Waals surface area contributed by atoms with E-state index < -0.39 is 10.0 Å². The molecule has 8 nitrogen and oxygen atoms in total. The minimum Gasteiger partial charge on any atom is -0.379 e. The van der Waals surface area contributed by atoms with E-state index in [2.05, 4.69) is 15.3 Å². The summed E-state index contributed by atoms with van der Waals surface area (Å²) in [5.41, 5.74) is 2.81. The van der Waals surface area contributed by atoms with Gasteiger partial charge in [0.1, 0.15) is 0 Å². The molecule has 170 valence electrons. The van der Waals surface area contributed by atoms with Crippen molar-refractivity contribution in [2.45, 2.75) is 29.4 Å². The zero-order chi connectivity index (χ0) is 22.4. The van der Waals surface area contributed by atoms with Gasteiger partial charge in [-0.2, -0.15) is 4.31 Å². The third kappa shape index (κ3) is 5.69. The van der Waals surface area contributed by atoms with Crippen LogP contribution in [0.2, 0.25) is 0 Å². The summed E-state index contributed by atoms with van der Waals surface area (Å²) in [4.78, 5) is 20.2. The number of fused-ring (bicyclic) bond motifs is 1. The molecule has 1 aliphatic rings. The van der Waals surface area contributed by atoms with Gasteiger partial charge >= 0.3 is 0 Å². The van der Waals surface area contributed by atoms with Gasteiger partial charge in [-0.25, -0.2) is 13.4 Å². The second kappa shape index (κ2) is 10.5. The smallest absolute Gasteiger partial charge is 0.243 e. The number of para-hydroxylation sites is 2. The number of thioether (sulfide) groups is 1. The summed E-state index contributed by atoms with van der Waals surface area (Å²) in [6.07, 6.45) is 1.17. The molecule has 2 aromatic carbocycles. The lowest BCUT2D eigenvalue weighted by Gasteiger charge is -2.26. The van der Waals surface area contributed by atoms with Gasteiger partial charge in [-0.3, -0.25) is 4.79 Å². The van der Waals surface area contributed by atoms with Crippen molar-refractivity contribution in [2.75, 3.05) is 32.1 Å². The Balaban J connectivity index is 1.19. The van der Waals surface area contributed by atoms with E-state index >= 15 is 0 Å². The quantitative estimate of drug-likeness (QED) is 0.365. The maximum Gasteiger partial charge on any atom is 0.243 e. The molecule has 4 rings (SSSR count). The molecule has 2 N–H and O–H groups in total. The molecule has 0 aliphatic carbocycles. The van der Waals surface area contributed by atoms with Gasteiger partial charge in [-0.1, -0.05) is 36.0 Å². The fourth-order valence-corrected chi connectivity index (χ4v) is 5.64. The van der Waals surface area contributed by atoms with Crippen LogP contribution < -0.4 is 5.32 Å². The number of carbonyl (C=O) groups is 1. The number of amides is 1. The third-order valence-corrected chi connectivity index (χ3v) is 8.05. The van der Waals surface area contributed by atoms with Crippen molar-refractivity contribution in [3.05, 3.63) is 54.1 Å². The second-order valence-electron chi connectivity index (χ2n) is 7.45. The van der Waals surface area contributed by atoms with Crippen molar-refractivity contribution >= 4 is 38.7 Å². The number of H-pyrrole nitrogens is 1. The highest BCUT2D eigenvalue weighted by atomic mass is 32.2.